The Morgan fingerprint density at radius 1 is 0.969 bits per heavy atom. The molecule has 0 atom stereocenters. The molecule has 6 rings (SSSR count). The zero-order valence-corrected chi connectivity index (χ0v) is 18.3. The van der Waals surface area contributed by atoms with E-state index >= 15 is 0 Å². The maximum Gasteiger partial charge on any atom is 0.168 e. The van der Waals surface area contributed by atoms with E-state index in [0.29, 0.717) is 16.6 Å². The number of aromatic amines is 1. The van der Waals surface area contributed by atoms with Crippen LogP contribution in [0.1, 0.15) is 11.3 Å². The summed E-state index contributed by atoms with van der Waals surface area (Å²) in [6.45, 7) is 1.50. The van der Waals surface area contributed by atoms with E-state index in [2.05, 4.69) is 30.2 Å². The van der Waals surface area contributed by atoms with Crippen molar-refractivity contribution in [2.45, 2.75) is 13.0 Å². The summed E-state index contributed by atoms with van der Waals surface area (Å²) in [6.07, 6.45) is 4.24. The predicted molar refractivity (Wildman–Crippen MR) is 125 cm³/mol. The van der Waals surface area contributed by atoms with Crippen molar-refractivity contribution in [2.75, 3.05) is 11.4 Å². The highest BCUT2D eigenvalue weighted by Gasteiger charge is 2.25. The molecular weight excluding hydrogens is 445 g/mol. The van der Waals surface area contributed by atoms with Gasteiger partial charge in [0.1, 0.15) is 12.1 Å². The molecule has 1 aliphatic rings. The average molecular weight is 462 g/mol. The molecule has 0 spiro atoms. The molecule has 1 aliphatic heterocycles. The number of H-pyrrole nitrogens is 1. The van der Waals surface area contributed by atoms with E-state index in [4.69, 9.17) is 23.2 Å². The largest absolute Gasteiger partial charge is 0.351 e. The maximum atomic E-state index is 6.21. The van der Waals surface area contributed by atoms with Gasteiger partial charge in [0.25, 0.3) is 0 Å². The summed E-state index contributed by atoms with van der Waals surface area (Å²) in [7, 11) is 0. The van der Waals surface area contributed by atoms with Crippen LogP contribution in [-0.4, -0.2) is 36.5 Å². The molecule has 0 aliphatic carbocycles. The minimum absolute atomic E-state index is 0.650. The number of benzene rings is 2. The molecule has 0 radical (unpaired) electrons. The first-order valence-electron chi connectivity index (χ1n) is 10.2. The first kappa shape index (κ1) is 19.3. The van der Waals surface area contributed by atoms with Gasteiger partial charge in [0.15, 0.2) is 5.65 Å². The second-order valence-electron chi connectivity index (χ2n) is 7.68. The second kappa shape index (κ2) is 7.62. The summed E-state index contributed by atoms with van der Waals surface area (Å²) < 4.78 is 1.79. The number of nitrogens with zero attached hydrogens (tertiary/aromatic N) is 6. The van der Waals surface area contributed by atoms with Gasteiger partial charge >= 0.3 is 0 Å². The summed E-state index contributed by atoms with van der Waals surface area (Å²) in [5, 5.41) is 14.6. The number of rotatable bonds is 3. The minimum Gasteiger partial charge on any atom is -0.351 e. The molecule has 0 saturated heterocycles. The lowest BCUT2D eigenvalue weighted by Gasteiger charge is -2.28. The van der Waals surface area contributed by atoms with Gasteiger partial charge in [-0.15, -0.1) is 0 Å². The number of fused-ring (bicyclic) bond motifs is 2. The van der Waals surface area contributed by atoms with E-state index in [-0.39, 0.29) is 0 Å². The third-order valence-electron chi connectivity index (χ3n) is 5.73. The van der Waals surface area contributed by atoms with Crippen LogP contribution in [0.15, 0.2) is 61.1 Å². The van der Waals surface area contributed by atoms with Gasteiger partial charge in [0, 0.05) is 46.4 Å². The van der Waals surface area contributed by atoms with Crippen molar-refractivity contribution in [2.24, 2.45) is 0 Å². The standard InChI is InChI=1S/C23H17Cl2N7/c24-15-4-1-3-14(9-15)21-19-12-31(8-7-20(19)29-30-21)22-18-11-28-32(23(18)27-13-26-22)17-6-2-5-16(25)10-17/h1-6,9-11,13H,7-8,12H2,(H,29,30). The van der Waals surface area contributed by atoms with E-state index < -0.39 is 0 Å². The number of nitrogens with one attached hydrogen (secondary N) is 1. The molecule has 158 valence electrons. The smallest absolute Gasteiger partial charge is 0.168 e. The van der Waals surface area contributed by atoms with E-state index in [1.54, 1.807) is 11.0 Å². The fourth-order valence-corrected chi connectivity index (χ4v) is 4.61. The number of hydrogen-bond acceptors (Lipinski definition) is 5. The molecule has 0 bridgehead atoms. The molecule has 32 heavy (non-hydrogen) atoms. The van der Waals surface area contributed by atoms with E-state index in [1.165, 1.54) is 0 Å². The maximum absolute atomic E-state index is 6.21. The average Bonchev–Trinajstić information content (AvgIpc) is 3.43. The Bertz CT molecular complexity index is 1460. The Kier molecular flexibility index (Phi) is 4.59. The van der Waals surface area contributed by atoms with Gasteiger partial charge in [0.05, 0.1) is 23.0 Å². The second-order valence-corrected chi connectivity index (χ2v) is 8.55. The van der Waals surface area contributed by atoms with Gasteiger partial charge in [-0.2, -0.15) is 10.2 Å². The number of aromatic nitrogens is 6. The van der Waals surface area contributed by atoms with Crippen LogP contribution >= 0.6 is 23.2 Å². The summed E-state index contributed by atoms with van der Waals surface area (Å²) in [5.41, 5.74) is 5.83. The van der Waals surface area contributed by atoms with Crippen molar-refractivity contribution < 1.29 is 0 Å². The lowest BCUT2D eigenvalue weighted by Crippen LogP contribution is -2.31. The van der Waals surface area contributed by atoms with Crippen LogP contribution in [-0.2, 0) is 13.0 Å². The normalized spacial score (nSPS) is 13.5. The molecule has 0 amide bonds. The number of anilines is 1. The van der Waals surface area contributed by atoms with Crippen LogP contribution in [0.4, 0.5) is 5.82 Å². The fraction of sp³-hybridized carbons (Fsp3) is 0.130. The highest BCUT2D eigenvalue weighted by Crippen LogP contribution is 2.33. The van der Waals surface area contributed by atoms with Crippen LogP contribution in [0.3, 0.4) is 0 Å². The Hall–Kier alpha value is -3.42. The molecule has 5 aromatic rings. The fourth-order valence-electron chi connectivity index (χ4n) is 4.23. The van der Waals surface area contributed by atoms with E-state index in [0.717, 1.165) is 58.0 Å². The predicted octanol–water partition coefficient (Wildman–Crippen LogP) is 5.08. The monoisotopic (exact) mass is 461 g/mol. The van der Waals surface area contributed by atoms with Gasteiger partial charge in [-0.25, -0.2) is 14.6 Å². The van der Waals surface area contributed by atoms with Crippen molar-refractivity contribution in [3.63, 3.8) is 0 Å². The van der Waals surface area contributed by atoms with Gasteiger partial charge in [-0.3, -0.25) is 5.10 Å². The summed E-state index contributed by atoms with van der Waals surface area (Å²) in [4.78, 5) is 11.4. The molecule has 0 saturated carbocycles. The molecule has 2 aromatic carbocycles. The Morgan fingerprint density at radius 3 is 2.66 bits per heavy atom. The highest BCUT2D eigenvalue weighted by molar-refractivity contribution is 6.31. The molecule has 4 heterocycles. The molecule has 1 N–H and O–H groups in total. The molecule has 0 unspecified atom stereocenters. The van der Waals surface area contributed by atoms with Crippen molar-refractivity contribution in [3.05, 3.63) is 82.4 Å². The lowest BCUT2D eigenvalue weighted by molar-refractivity contribution is 0.713. The van der Waals surface area contributed by atoms with Crippen molar-refractivity contribution in [1.82, 2.24) is 29.9 Å². The first-order valence-corrected chi connectivity index (χ1v) is 10.9. The summed E-state index contributed by atoms with van der Waals surface area (Å²) in [5.74, 6) is 0.854. The van der Waals surface area contributed by atoms with Gasteiger partial charge in [0.2, 0.25) is 0 Å². The quantitative estimate of drug-likeness (QED) is 0.405. The van der Waals surface area contributed by atoms with Crippen LogP contribution in [0.25, 0.3) is 28.0 Å². The molecule has 0 fully saturated rings. The van der Waals surface area contributed by atoms with Gasteiger partial charge < -0.3 is 4.90 Å². The summed E-state index contributed by atoms with van der Waals surface area (Å²) in [6, 6.07) is 15.3. The molecule has 3 aromatic heterocycles. The van der Waals surface area contributed by atoms with Crippen molar-refractivity contribution >= 4 is 40.1 Å². The Morgan fingerprint density at radius 2 is 1.81 bits per heavy atom. The third-order valence-corrected chi connectivity index (χ3v) is 6.20. The van der Waals surface area contributed by atoms with Crippen LogP contribution in [0, 0.1) is 0 Å². The molecule has 9 heteroatoms. The SMILES string of the molecule is Clc1cccc(-c2n[nH]c3c2CN(c2ncnc4c2cnn4-c2cccc(Cl)c2)CC3)c1. The number of halogens is 2. The van der Waals surface area contributed by atoms with Crippen molar-refractivity contribution in [1.29, 1.82) is 0 Å². The Balaban J connectivity index is 1.40. The highest BCUT2D eigenvalue weighted by atomic mass is 35.5. The first-order chi connectivity index (χ1) is 15.7. The Labute approximate surface area is 193 Å². The van der Waals surface area contributed by atoms with Crippen LogP contribution in [0.5, 0.6) is 0 Å². The summed E-state index contributed by atoms with van der Waals surface area (Å²) >= 11 is 12.4. The zero-order valence-electron chi connectivity index (χ0n) is 16.8. The van der Waals surface area contributed by atoms with Gasteiger partial charge in [-0.1, -0.05) is 41.4 Å². The minimum atomic E-state index is 0.650. The van der Waals surface area contributed by atoms with E-state index in [9.17, 15) is 0 Å². The number of hydrogen-bond donors (Lipinski definition) is 1. The van der Waals surface area contributed by atoms with Crippen molar-refractivity contribution in [3.8, 4) is 16.9 Å². The zero-order chi connectivity index (χ0) is 21.7. The molecule has 7 nitrogen and oxygen atoms in total. The van der Waals surface area contributed by atoms with Gasteiger partial charge in [-0.05, 0) is 30.3 Å². The third kappa shape index (κ3) is 3.21. The van der Waals surface area contributed by atoms with Crippen LogP contribution in [0.2, 0.25) is 10.0 Å². The van der Waals surface area contributed by atoms with E-state index in [1.807, 2.05) is 54.7 Å². The van der Waals surface area contributed by atoms with Crippen LogP contribution < -0.4 is 4.90 Å². The molecular formula is C23H17Cl2N7. The lowest BCUT2D eigenvalue weighted by atomic mass is 10.0. The topological polar surface area (TPSA) is 75.5 Å².